The summed E-state index contributed by atoms with van der Waals surface area (Å²) < 4.78 is 0. The molecule has 0 amide bonds. The van der Waals surface area contributed by atoms with Gasteiger partial charge in [0.2, 0.25) is 5.29 Å². The lowest BCUT2D eigenvalue weighted by Crippen LogP contribution is -2.45. The molecule has 0 bridgehead atoms. The third-order valence-electron chi connectivity index (χ3n) is 3.86. The van der Waals surface area contributed by atoms with Crippen LogP contribution in [-0.4, -0.2) is 28.6 Å². The maximum Gasteiger partial charge on any atom is 0.200 e. The molecule has 104 valence electrons. The maximum absolute atomic E-state index is 7.97. The molecule has 0 radical (unpaired) electrons. The fraction of sp³-hybridized carbons (Fsp3) is 0.467. The van der Waals surface area contributed by atoms with Crippen LogP contribution in [0.25, 0.3) is 0 Å². The minimum atomic E-state index is -0.0302. The van der Waals surface area contributed by atoms with Crippen LogP contribution in [0.15, 0.2) is 35.3 Å². The fourth-order valence-corrected chi connectivity index (χ4v) is 2.06. The zero-order chi connectivity index (χ0) is 14.5. The quantitative estimate of drug-likeness (QED) is 0.503. The topological polar surface area (TPSA) is 39.5 Å². The predicted octanol–water partition coefficient (Wildman–Crippen LogP) is 4.12. The highest BCUT2D eigenvalue weighted by molar-refractivity contribution is 6.65. The molecular weight excluding hydrogens is 258 g/mol. The lowest BCUT2D eigenvalue weighted by Gasteiger charge is -2.37. The molecule has 1 rings (SSSR count). The average molecular weight is 280 g/mol. The van der Waals surface area contributed by atoms with Crippen LogP contribution in [0, 0.1) is 5.41 Å². The van der Waals surface area contributed by atoms with Gasteiger partial charge in [0.1, 0.15) is 0 Å². The van der Waals surface area contributed by atoms with Gasteiger partial charge in [-0.3, -0.25) is 5.41 Å². The van der Waals surface area contributed by atoms with Gasteiger partial charge in [0.15, 0.2) is 5.84 Å². The number of benzene rings is 1. The molecule has 19 heavy (non-hydrogen) atoms. The third-order valence-corrected chi connectivity index (χ3v) is 4.20. The summed E-state index contributed by atoms with van der Waals surface area (Å²) in [6, 6.07) is 9.40. The van der Waals surface area contributed by atoms with Gasteiger partial charge in [-0.05, 0) is 31.4 Å². The number of halogens is 1. The van der Waals surface area contributed by atoms with E-state index in [0.29, 0.717) is 5.29 Å². The second kappa shape index (κ2) is 6.71. The zero-order valence-electron chi connectivity index (χ0n) is 12.1. The van der Waals surface area contributed by atoms with E-state index in [4.69, 9.17) is 17.0 Å². The lowest BCUT2D eigenvalue weighted by molar-refractivity contribution is 0.216. The molecule has 0 aliphatic carbocycles. The Balaban J connectivity index is 2.91. The van der Waals surface area contributed by atoms with Crippen LogP contribution in [0.4, 0.5) is 0 Å². The molecule has 0 atom stereocenters. The second-order valence-electron chi connectivity index (χ2n) is 4.86. The van der Waals surface area contributed by atoms with E-state index >= 15 is 0 Å². The van der Waals surface area contributed by atoms with Gasteiger partial charge in [-0.2, -0.15) is 0 Å². The monoisotopic (exact) mass is 279 g/mol. The fourth-order valence-electron chi connectivity index (χ4n) is 1.77. The van der Waals surface area contributed by atoms with Crippen molar-refractivity contribution in [3.05, 3.63) is 35.9 Å². The van der Waals surface area contributed by atoms with Gasteiger partial charge in [-0.15, -0.1) is 0 Å². The number of hydrogen-bond donors (Lipinski definition) is 1. The van der Waals surface area contributed by atoms with Gasteiger partial charge in [-0.25, -0.2) is 4.99 Å². The van der Waals surface area contributed by atoms with Gasteiger partial charge >= 0.3 is 0 Å². The molecule has 1 aromatic rings. The summed E-state index contributed by atoms with van der Waals surface area (Å²) in [4.78, 5) is 6.15. The van der Waals surface area contributed by atoms with E-state index < -0.39 is 0 Å². The van der Waals surface area contributed by atoms with E-state index in [0.717, 1.165) is 18.4 Å². The van der Waals surface area contributed by atoms with Crippen molar-refractivity contribution < 1.29 is 0 Å². The van der Waals surface area contributed by atoms with Gasteiger partial charge < -0.3 is 4.90 Å². The third kappa shape index (κ3) is 3.80. The number of aliphatic imine (C=N–C) groups is 1. The van der Waals surface area contributed by atoms with Crippen molar-refractivity contribution in [3.63, 3.8) is 0 Å². The molecule has 0 unspecified atom stereocenters. The predicted molar refractivity (Wildman–Crippen MR) is 83.3 cm³/mol. The Kier molecular flexibility index (Phi) is 5.55. The molecule has 0 spiro atoms. The first-order valence-electron chi connectivity index (χ1n) is 6.56. The van der Waals surface area contributed by atoms with E-state index in [2.05, 4.69) is 25.8 Å². The summed E-state index contributed by atoms with van der Waals surface area (Å²) in [6.07, 6.45) is 1.95. The van der Waals surface area contributed by atoms with Crippen LogP contribution in [0.3, 0.4) is 0 Å². The molecule has 0 aliphatic rings. The van der Waals surface area contributed by atoms with Crippen molar-refractivity contribution in [3.8, 4) is 0 Å². The molecule has 4 heteroatoms. The highest BCUT2D eigenvalue weighted by atomic mass is 35.5. The number of nitrogens with one attached hydrogen (secondary N) is 1. The van der Waals surface area contributed by atoms with E-state index in [1.54, 1.807) is 0 Å². The van der Waals surface area contributed by atoms with Crippen molar-refractivity contribution in [1.29, 1.82) is 5.41 Å². The SMILES string of the molecule is CCC(C)(CC)N(C)/C(Cl)=N\C(=N)c1ccccc1. The number of nitrogens with zero attached hydrogens (tertiary/aromatic N) is 2. The first kappa shape index (κ1) is 15.7. The van der Waals surface area contributed by atoms with Crippen molar-refractivity contribution in [2.45, 2.75) is 39.2 Å². The second-order valence-corrected chi connectivity index (χ2v) is 5.20. The van der Waals surface area contributed by atoms with Crippen LogP contribution >= 0.6 is 11.6 Å². The van der Waals surface area contributed by atoms with E-state index in [1.165, 1.54) is 0 Å². The van der Waals surface area contributed by atoms with Crippen LogP contribution in [0.5, 0.6) is 0 Å². The maximum atomic E-state index is 7.97. The summed E-state index contributed by atoms with van der Waals surface area (Å²) in [5, 5.41) is 8.33. The Bertz CT molecular complexity index is 450. The van der Waals surface area contributed by atoms with Crippen LogP contribution < -0.4 is 0 Å². The molecule has 0 heterocycles. The molecule has 1 aromatic carbocycles. The summed E-state index contributed by atoms with van der Waals surface area (Å²) >= 11 is 6.25. The summed E-state index contributed by atoms with van der Waals surface area (Å²) in [6.45, 7) is 6.41. The molecule has 0 aliphatic heterocycles. The number of hydrogen-bond acceptors (Lipinski definition) is 1. The first-order valence-corrected chi connectivity index (χ1v) is 6.94. The summed E-state index contributed by atoms with van der Waals surface area (Å²) in [5.41, 5.74) is 0.737. The minimum absolute atomic E-state index is 0.0302. The molecular formula is C15H22ClN3. The van der Waals surface area contributed by atoms with Crippen molar-refractivity contribution >= 4 is 22.7 Å². The Morgan fingerprint density at radius 1 is 1.26 bits per heavy atom. The van der Waals surface area contributed by atoms with Crippen molar-refractivity contribution in [2.24, 2.45) is 4.99 Å². The van der Waals surface area contributed by atoms with E-state index in [9.17, 15) is 0 Å². The Hall–Kier alpha value is -1.35. The first-order chi connectivity index (χ1) is 8.94. The van der Waals surface area contributed by atoms with Gasteiger partial charge in [0, 0.05) is 18.2 Å². The highest BCUT2D eigenvalue weighted by Crippen LogP contribution is 2.23. The zero-order valence-corrected chi connectivity index (χ0v) is 12.8. The highest BCUT2D eigenvalue weighted by Gasteiger charge is 2.27. The molecule has 0 saturated heterocycles. The molecule has 0 saturated carbocycles. The molecule has 1 N–H and O–H groups in total. The normalized spacial score (nSPS) is 12.4. The smallest absolute Gasteiger partial charge is 0.200 e. The van der Waals surface area contributed by atoms with Crippen LogP contribution in [0.1, 0.15) is 39.2 Å². The largest absolute Gasteiger partial charge is 0.345 e. The van der Waals surface area contributed by atoms with Crippen LogP contribution in [0.2, 0.25) is 0 Å². The van der Waals surface area contributed by atoms with Crippen LogP contribution in [-0.2, 0) is 0 Å². The Morgan fingerprint density at radius 3 is 2.26 bits per heavy atom. The number of rotatable bonds is 4. The van der Waals surface area contributed by atoms with Crippen molar-refractivity contribution in [2.75, 3.05) is 7.05 Å². The summed E-state index contributed by atoms with van der Waals surface area (Å²) in [5.74, 6) is 0.187. The Labute approximate surface area is 120 Å². The van der Waals surface area contributed by atoms with Crippen molar-refractivity contribution in [1.82, 2.24) is 4.90 Å². The van der Waals surface area contributed by atoms with E-state index in [1.807, 2.05) is 42.3 Å². The van der Waals surface area contributed by atoms with Gasteiger partial charge in [0.05, 0.1) is 0 Å². The van der Waals surface area contributed by atoms with E-state index in [-0.39, 0.29) is 11.4 Å². The molecule has 0 aromatic heterocycles. The standard InChI is InChI=1S/C15H22ClN3/c1-5-15(3,6-2)19(4)14(16)18-13(17)12-10-8-7-9-11-12/h7-11,17H,5-6H2,1-4H3/b17-13?,18-14-. The number of amidine groups is 2. The van der Waals surface area contributed by atoms with Gasteiger partial charge in [0.25, 0.3) is 0 Å². The average Bonchev–Trinajstić information content (AvgIpc) is 2.46. The molecule has 0 fully saturated rings. The lowest BCUT2D eigenvalue weighted by atomic mass is 9.94. The minimum Gasteiger partial charge on any atom is -0.345 e. The van der Waals surface area contributed by atoms with Gasteiger partial charge in [-0.1, -0.05) is 44.2 Å². The Morgan fingerprint density at radius 2 is 1.79 bits per heavy atom. The summed E-state index contributed by atoms with van der Waals surface area (Å²) in [7, 11) is 1.93. The molecule has 3 nitrogen and oxygen atoms in total.